The molecule has 0 spiro atoms. The Bertz CT molecular complexity index is 681. The van der Waals surface area contributed by atoms with E-state index < -0.39 is 11.6 Å². The molecule has 0 aliphatic rings. The number of benzene rings is 2. The summed E-state index contributed by atoms with van der Waals surface area (Å²) in [7, 11) is 2.86. The molecule has 0 atom stereocenters. The van der Waals surface area contributed by atoms with Crippen LogP contribution in [0.5, 0.6) is 11.5 Å². The maximum Gasteiger partial charge on any atom is 0.184 e. The molecule has 0 unspecified atom stereocenters. The topological polar surface area (TPSA) is 56.5 Å². The molecule has 0 saturated heterocycles. The minimum Gasteiger partial charge on any atom is -0.495 e. The zero-order valence-corrected chi connectivity index (χ0v) is 12.1. The number of hydrogen-bond acceptors (Lipinski definition) is 4. The van der Waals surface area contributed by atoms with Crippen LogP contribution in [-0.4, -0.2) is 14.2 Å². The fourth-order valence-corrected chi connectivity index (χ4v) is 2.02. The van der Waals surface area contributed by atoms with Gasteiger partial charge < -0.3 is 20.5 Å². The maximum atomic E-state index is 13.8. The van der Waals surface area contributed by atoms with Gasteiger partial charge in [0.05, 0.1) is 30.6 Å². The lowest BCUT2D eigenvalue weighted by Crippen LogP contribution is -2.03. The SMILES string of the molecule is COc1cc(Nc2c(N)ccc(F)c2F)c(OC)cc1Cl. The second kappa shape index (κ2) is 6.05. The lowest BCUT2D eigenvalue weighted by molar-refractivity contribution is 0.405. The summed E-state index contributed by atoms with van der Waals surface area (Å²) in [5.41, 5.74) is 5.88. The molecule has 0 heterocycles. The van der Waals surface area contributed by atoms with E-state index in [0.717, 1.165) is 6.07 Å². The number of hydrogen-bond donors (Lipinski definition) is 2. The molecule has 0 saturated carbocycles. The average Bonchev–Trinajstić information content (AvgIpc) is 2.48. The quantitative estimate of drug-likeness (QED) is 0.839. The Morgan fingerprint density at radius 2 is 1.76 bits per heavy atom. The van der Waals surface area contributed by atoms with E-state index in [1.165, 1.54) is 32.4 Å². The summed E-state index contributed by atoms with van der Waals surface area (Å²) in [5.74, 6) is -1.39. The Morgan fingerprint density at radius 1 is 1.10 bits per heavy atom. The minimum absolute atomic E-state index is 0.0601. The van der Waals surface area contributed by atoms with Crippen molar-refractivity contribution in [3.8, 4) is 11.5 Å². The minimum atomic E-state index is -1.08. The summed E-state index contributed by atoms with van der Waals surface area (Å²) in [4.78, 5) is 0. The van der Waals surface area contributed by atoms with Gasteiger partial charge >= 0.3 is 0 Å². The summed E-state index contributed by atoms with van der Waals surface area (Å²) in [6, 6.07) is 5.22. The number of halogens is 3. The molecule has 0 aliphatic carbocycles. The van der Waals surface area contributed by atoms with Crippen LogP contribution in [0.4, 0.5) is 25.8 Å². The van der Waals surface area contributed by atoms with Gasteiger partial charge in [0.25, 0.3) is 0 Å². The number of rotatable bonds is 4. The normalized spacial score (nSPS) is 10.3. The molecule has 2 aromatic rings. The second-order valence-electron chi connectivity index (χ2n) is 4.14. The van der Waals surface area contributed by atoms with E-state index in [9.17, 15) is 8.78 Å². The van der Waals surface area contributed by atoms with Gasteiger partial charge in [0.2, 0.25) is 0 Å². The van der Waals surface area contributed by atoms with E-state index >= 15 is 0 Å². The van der Waals surface area contributed by atoms with E-state index in [1.54, 1.807) is 0 Å². The standard InChI is InChI=1S/C14H13ClF2N2O2/c1-20-11-6-10(12(21-2)5-7(11)15)19-14-9(18)4-3-8(16)13(14)17/h3-6,19H,18H2,1-2H3. The number of ether oxygens (including phenoxy) is 2. The van der Waals surface area contributed by atoms with Crippen molar-refractivity contribution in [1.29, 1.82) is 0 Å². The third kappa shape index (κ3) is 2.95. The van der Waals surface area contributed by atoms with Gasteiger partial charge in [0.15, 0.2) is 11.6 Å². The molecule has 2 aromatic carbocycles. The van der Waals surface area contributed by atoms with E-state index in [1.807, 2.05) is 0 Å². The summed E-state index contributed by atoms with van der Waals surface area (Å²) < 4.78 is 37.4. The van der Waals surface area contributed by atoms with E-state index in [4.69, 9.17) is 26.8 Å². The molecule has 3 N–H and O–H groups in total. The monoisotopic (exact) mass is 314 g/mol. The van der Waals surface area contributed by atoms with Crippen LogP contribution in [0.25, 0.3) is 0 Å². The molecule has 7 heteroatoms. The predicted octanol–water partition coefficient (Wildman–Crippen LogP) is 3.96. The van der Waals surface area contributed by atoms with Gasteiger partial charge in [-0.15, -0.1) is 0 Å². The van der Waals surface area contributed by atoms with Crippen LogP contribution in [-0.2, 0) is 0 Å². The fourth-order valence-electron chi connectivity index (χ4n) is 1.79. The first-order valence-corrected chi connectivity index (χ1v) is 6.27. The van der Waals surface area contributed by atoms with Crippen molar-refractivity contribution in [2.24, 2.45) is 0 Å². The van der Waals surface area contributed by atoms with Crippen LogP contribution in [0.15, 0.2) is 24.3 Å². The Morgan fingerprint density at radius 3 is 2.38 bits per heavy atom. The molecule has 0 amide bonds. The van der Waals surface area contributed by atoms with Crippen LogP contribution in [0.2, 0.25) is 5.02 Å². The molecule has 0 aliphatic heterocycles. The van der Waals surface area contributed by atoms with Gasteiger partial charge in [0, 0.05) is 12.1 Å². The lowest BCUT2D eigenvalue weighted by atomic mass is 10.2. The molecule has 4 nitrogen and oxygen atoms in total. The molecule has 0 radical (unpaired) electrons. The molecule has 2 rings (SSSR count). The predicted molar refractivity (Wildman–Crippen MR) is 78.6 cm³/mol. The number of nitrogens with one attached hydrogen (secondary N) is 1. The highest BCUT2D eigenvalue weighted by molar-refractivity contribution is 6.32. The summed E-state index contributed by atoms with van der Waals surface area (Å²) in [5, 5.41) is 3.03. The number of methoxy groups -OCH3 is 2. The van der Waals surface area contributed by atoms with E-state index in [0.29, 0.717) is 22.2 Å². The molecule has 0 fully saturated rings. The van der Waals surface area contributed by atoms with Crippen LogP contribution in [0.1, 0.15) is 0 Å². The highest BCUT2D eigenvalue weighted by Crippen LogP contribution is 2.39. The van der Waals surface area contributed by atoms with Crippen LogP contribution >= 0.6 is 11.6 Å². The molecule has 21 heavy (non-hydrogen) atoms. The molecular formula is C14H13ClF2N2O2. The Kier molecular flexibility index (Phi) is 4.37. The first kappa shape index (κ1) is 15.2. The molecular weight excluding hydrogens is 302 g/mol. The van der Waals surface area contributed by atoms with Gasteiger partial charge in [-0.3, -0.25) is 0 Å². The molecule has 0 bridgehead atoms. The Balaban J connectivity index is 2.51. The zero-order valence-electron chi connectivity index (χ0n) is 11.3. The molecule has 112 valence electrons. The van der Waals surface area contributed by atoms with Crippen LogP contribution < -0.4 is 20.5 Å². The van der Waals surface area contributed by atoms with Crippen molar-refractivity contribution < 1.29 is 18.3 Å². The number of nitrogen functional groups attached to an aromatic ring is 1. The smallest absolute Gasteiger partial charge is 0.184 e. The average molecular weight is 315 g/mol. The second-order valence-corrected chi connectivity index (χ2v) is 4.54. The highest BCUT2D eigenvalue weighted by Gasteiger charge is 2.16. The van der Waals surface area contributed by atoms with E-state index in [-0.39, 0.29) is 11.4 Å². The molecule has 0 aromatic heterocycles. The maximum absolute atomic E-state index is 13.8. The van der Waals surface area contributed by atoms with Crippen molar-refractivity contribution in [2.45, 2.75) is 0 Å². The number of anilines is 3. The first-order chi connectivity index (χ1) is 9.97. The van der Waals surface area contributed by atoms with Crippen molar-refractivity contribution in [3.05, 3.63) is 40.9 Å². The fraction of sp³-hybridized carbons (Fsp3) is 0.143. The van der Waals surface area contributed by atoms with E-state index in [2.05, 4.69) is 5.32 Å². The van der Waals surface area contributed by atoms with Crippen molar-refractivity contribution in [2.75, 3.05) is 25.3 Å². The third-order valence-electron chi connectivity index (χ3n) is 2.86. The van der Waals surface area contributed by atoms with Gasteiger partial charge in [-0.2, -0.15) is 0 Å². The third-order valence-corrected chi connectivity index (χ3v) is 3.16. The zero-order chi connectivity index (χ0) is 15.6. The van der Waals surface area contributed by atoms with Crippen molar-refractivity contribution in [1.82, 2.24) is 0 Å². The Labute approximate surface area is 125 Å². The van der Waals surface area contributed by atoms with Gasteiger partial charge in [-0.1, -0.05) is 11.6 Å². The summed E-state index contributed by atoms with van der Waals surface area (Å²) in [6.45, 7) is 0. The largest absolute Gasteiger partial charge is 0.495 e. The van der Waals surface area contributed by atoms with Gasteiger partial charge in [0.1, 0.15) is 17.2 Å². The van der Waals surface area contributed by atoms with Gasteiger partial charge in [-0.05, 0) is 12.1 Å². The summed E-state index contributed by atoms with van der Waals surface area (Å²) in [6.07, 6.45) is 0. The van der Waals surface area contributed by atoms with Crippen molar-refractivity contribution in [3.63, 3.8) is 0 Å². The first-order valence-electron chi connectivity index (χ1n) is 5.90. The van der Waals surface area contributed by atoms with Gasteiger partial charge in [-0.25, -0.2) is 8.78 Å². The summed E-state index contributed by atoms with van der Waals surface area (Å²) >= 11 is 5.98. The lowest BCUT2D eigenvalue weighted by Gasteiger charge is -2.15. The van der Waals surface area contributed by atoms with Crippen molar-refractivity contribution >= 4 is 28.7 Å². The highest BCUT2D eigenvalue weighted by atomic mass is 35.5. The number of nitrogens with two attached hydrogens (primary N) is 1. The Hall–Kier alpha value is -2.21. The van der Waals surface area contributed by atoms with Crippen LogP contribution in [0.3, 0.4) is 0 Å². The van der Waals surface area contributed by atoms with Crippen LogP contribution in [0, 0.1) is 11.6 Å².